The zero-order chi connectivity index (χ0) is 20.3. The SMILES string of the molecule is Cc1nc2c(C)cccn2c1C(=O)NCCCC(=O)N(C)C1CCN(C)CC1. The van der Waals surface area contributed by atoms with Crippen LogP contribution in [0.1, 0.15) is 47.4 Å². The van der Waals surface area contributed by atoms with Crippen molar-refractivity contribution in [3.63, 3.8) is 0 Å². The van der Waals surface area contributed by atoms with E-state index in [1.54, 1.807) is 0 Å². The number of carbonyl (C=O) groups is 2. The van der Waals surface area contributed by atoms with Crippen molar-refractivity contribution in [3.8, 4) is 0 Å². The van der Waals surface area contributed by atoms with Crippen LogP contribution >= 0.6 is 0 Å². The Kier molecular flexibility index (Phi) is 6.34. The van der Waals surface area contributed by atoms with Gasteiger partial charge in [0.25, 0.3) is 5.91 Å². The van der Waals surface area contributed by atoms with E-state index in [0.29, 0.717) is 36.8 Å². The van der Waals surface area contributed by atoms with Gasteiger partial charge in [0.15, 0.2) is 0 Å². The van der Waals surface area contributed by atoms with Gasteiger partial charge in [0.1, 0.15) is 11.3 Å². The molecule has 1 aliphatic heterocycles. The maximum Gasteiger partial charge on any atom is 0.270 e. The fraction of sp³-hybridized carbons (Fsp3) is 0.571. The second-order valence-electron chi connectivity index (χ2n) is 7.83. The van der Waals surface area contributed by atoms with Gasteiger partial charge in [-0.3, -0.25) is 14.0 Å². The molecule has 0 radical (unpaired) electrons. The molecule has 0 aromatic carbocycles. The van der Waals surface area contributed by atoms with E-state index in [4.69, 9.17) is 0 Å². The Morgan fingerprint density at radius 2 is 2.00 bits per heavy atom. The quantitative estimate of drug-likeness (QED) is 0.773. The highest BCUT2D eigenvalue weighted by atomic mass is 16.2. The number of imidazole rings is 1. The predicted octanol–water partition coefficient (Wildman–Crippen LogP) is 2.01. The standard InChI is InChI=1S/C21H31N5O2/c1-15-7-6-12-26-19(16(2)23-20(15)26)21(28)22-11-5-8-18(27)25(4)17-9-13-24(3)14-10-17/h6-7,12,17H,5,8-11,13-14H2,1-4H3,(H,22,28). The molecule has 1 fully saturated rings. The molecule has 7 heteroatoms. The van der Waals surface area contributed by atoms with Crippen LogP contribution in [0.3, 0.4) is 0 Å². The summed E-state index contributed by atoms with van der Waals surface area (Å²) in [6.07, 6.45) is 5.01. The minimum atomic E-state index is -0.147. The Bertz CT molecular complexity index is 852. The Morgan fingerprint density at radius 1 is 1.29 bits per heavy atom. The van der Waals surface area contributed by atoms with E-state index in [2.05, 4.69) is 22.2 Å². The van der Waals surface area contributed by atoms with Crippen LogP contribution in [0.4, 0.5) is 0 Å². The van der Waals surface area contributed by atoms with Crippen LogP contribution in [0.25, 0.3) is 5.65 Å². The van der Waals surface area contributed by atoms with Gasteiger partial charge >= 0.3 is 0 Å². The monoisotopic (exact) mass is 385 g/mol. The third kappa shape index (κ3) is 4.35. The topological polar surface area (TPSA) is 70.0 Å². The molecular formula is C21H31N5O2. The number of aromatic nitrogens is 2. The first-order valence-electron chi connectivity index (χ1n) is 10.0. The molecule has 2 amide bonds. The van der Waals surface area contributed by atoms with Crippen molar-refractivity contribution in [3.05, 3.63) is 35.3 Å². The first-order valence-corrected chi connectivity index (χ1v) is 10.0. The molecule has 3 heterocycles. The van der Waals surface area contributed by atoms with E-state index >= 15 is 0 Å². The van der Waals surface area contributed by atoms with Crippen LogP contribution in [0.15, 0.2) is 18.3 Å². The molecule has 2 aromatic heterocycles. The first-order chi connectivity index (χ1) is 13.4. The highest BCUT2D eigenvalue weighted by molar-refractivity contribution is 5.94. The largest absolute Gasteiger partial charge is 0.351 e. The normalized spacial score (nSPS) is 15.7. The minimum absolute atomic E-state index is 0.147. The summed E-state index contributed by atoms with van der Waals surface area (Å²) in [5.74, 6) is 0.0112. The number of fused-ring (bicyclic) bond motifs is 1. The van der Waals surface area contributed by atoms with Gasteiger partial charge in [-0.1, -0.05) is 6.07 Å². The number of hydrogen-bond acceptors (Lipinski definition) is 4. The number of amides is 2. The van der Waals surface area contributed by atoms with Gasteiger partial charge in [-0.15, -0.1) is 0 Å². The molecule has 1 saturated heterocycles. The maximum atomic E-state index is 12.6. The summed E-state index contributed by atoms with van der Waals surface area (Å²) in [5.41, 5.74) is 3.12. The summed E-state index contributed by atoms with van der Waals surface area (Å²) >= 11 is 0. The molecule has 2 aromatic rings. The van der Waals surface area contributed by atoms with Gasteiger partial charge < -0.3 is 15.1 Å². The second kappa shape index (κ2) is 8.73. The van der Waals surface area contributed by atoms with Gasteiger partial charge in [0.2, 0.25) is 5.91 Å². The fourth-order valence-electron chi connectivity index (χ4n) is 3.88. The first kappa shape index (κ1) is 20.3. The number of carbonyl (C=O) groups excluding carboxylic acids is 2. The summed E-state index contributed by atoms with van der Waals surface area (Å²) in [6, 6.07) is 4.23. The summed E-state index contributed by atoms with van der Waals surface area (Å²) in [5, 5.41) is 2.94. The molecule has 7 nitrogen and oxygen atoms in total. The van der Waals surface area contributed by atoms with Gasteiger partial charge in [0, 0.05) is 32.3 Å². The molecule has 28 heavy (non-hydrogen) atoms. The third-order valence-corrected chi connectivity index (χ3v) is 5.72. The van der Waals surface area contributed by atoms with Crippen molar-refractivity contribution in [1.82, 2.24) is 24.5 Å². The average Bonchev–Trinajstić information content (AvgIpc) is 3.02. The lowest BCUT2D eigenvalue weighted by Gasteiger charge is -2.35. The zero-order valence-electron chi connectivity index (χ0n) is 17.4. The highest BCUT2D eigenvalue weighted by Crippen LogP contribution is 2.16. The number of nitrogens with one attached hydrogen (secondary N) is 1. The fourth-order valence-corrected chi connectivity index (χ4v) is 3.88. The van der Waals surface area contributed by atoms with Crippen molar-refractivity contribution in [2.24, 2.45) is 0 Å². The van der Waals surface area contributed by atoms with Crippen molar-refractivity contribution in [1.29, 1.82) is 0 Å². The zero-order valence-corrected chi connectivity index (χ0v) is 17.4. The van der Waals surface area contributed by atoms with Crippen LogP contribution < -0.4 is 5.32 Å². The number of hydrogen-bond donors (Lipinski definition) is 1. The lowest BCUT2D eigenvalue weighted by Crippen LogP contribution is -2.44. The van der Waals surface area contributed by atoms with E-state index in [1.165, 1.54) is 0 Å². The lowest BCUT2D eigenvalue weighted by molar-refractivity contribution is -0.132. The Balaban J connectivity index is 1.49. The Morgan fingerprint density at radius 3 is 2.71 bits per heavy atom. The Labute approximate surface area is 166 Å². The number of pyridine rings is 1. The van der Waals surface area contributed by atoms with Gasteiger partial charge in [0.05, 0.1) is 5.69 Å². The van der Waals surface area contributed by atoms with Crippen molar-refractivity contribution in [2.45, 2.75) is 45.6 Å². The molecule has 152 valence electrons. The summed E-state index contributed by atoms with van der Waals surface area (Å²) < 4.78 is 1.83. The molecule has 1 N–H and O–H groups in total. The molecule has 0 spiro atoms. The summed E-state index contributed by atoms with van der Waals surface area (Å²) in [4.78, 5) is 33.8. The van der Waals surface area contributed by atoms with Crippen molar-refractivity contribution in [2.75, 3.05) is 33.7 Å². The van der Waals surface area contributed by atoms with Gasteiger partial charge in [-0.25, -0.2) is 4.98 Å². The van der Waals surface area contributed by atoms with Gasteiger partial charge in [-0.2, -0.15) is 0 Å². The van der Waals surface area contributed by atoms with Crippen LogP contribution in [0.2, 0.25) is 0 Å². The molecule has 0 saturated carbocycles. The van der Waals surface area contributed by atoms with Gasteiger partial charge in [-0.05, 0) is 64.9 Å². The molecule has 1 aliphatic rings. The van der Waals surface area contributed by atoms with Crippen LogP contribution in [-0.4, -0.2) is 70.8 Å². The molecule has 0 atom stereocenters. The number of aryl methyl sites for hydroxylation is 2. The highest BCUT2D eigenvalue weighted by Gasteiger charge is 2.23. The summed E-state index contributed by atoms with van der Waals surface area (Å²) in [7, 11) is 4.02. The summed E-state index contributed by atoms with van der Waals surface area (Å²) in [6.45, 7) is 6.38. The average molecular weight is 386 g/mol. The molecule has 0 bridgehead atoms. The number of rotatable bonds is 6. The van der Waals surface area contributed by atoms with E-state index in [1.807, 2.05) is 48.5 Å². The molecule has 0 aliphatic carbocycles. The Hall–Kier alpha value is -2.41. The van der Waals surface area contributed by atoms with E-state index < -0.39 is 0 Å². The smallest absolute Gasteiger partial charge is 0.270 e. The lowest BCUT2D eigenvalue weighted by atomic mass is 10.0. The van der Waals surface area contributed by atoms with E-state index in [0.717, 1.165) is 37.1 Å². The second-order valence-corrected chi connectivity index (χ2v) is 7.83. The van der Waals surface area contributed by atoms with Crippen molar-refractivity contribution < 1.29 is 9.59 Å². The predicted molar refractivity (Wildman–Crippen MR) is 110 cm³/mol. The van der Waals surface area contributed by atoms with Crippen LogP contribution in [-0.2, 0) is 4.79 Å². The maximum absolute atomic E-state index is 12.6. The van der Waals surface area contributed by atoms with E-state index in [-0.39, 0.29) is 11.8 Å². The molecular weight excluding hydrogens is 354 g/mol. The number of nitrogens with zero attached hydrogens (tertiary/aromatic N) is 4. The molecule has 3 rings (SSSR count). The minimum Gasteiger partial charge on any atom is -0.351 e. The number of piperidine rings is 1. The van der Waals surface area contributed by atoms with Crippen LogP contribution in [0.5, 0.6) is 0 Å². The van der Waals surface area contributed by atoms with Crippen molar-refractivity contribution >= 4 is 17.5 Å². The molecule has 0 unspecified atom stereocenters. The third-order valence-electron chi connectivity index (χ3n) is 5.72. The number of likely N-dealkylation sites (tertiary alicyclic amines) is 1. The van der Waals surface area contributed by atoms with E-state index in [9.17, 15) is 9.59 Å². The van der Waals surface area contributed by atoms with Crippen LogP contribution in [0, 0.1) is 13.8 Å².